The number of hydrogen-bond donors (Lipinski definition) is 0. The van der Waals surface area contributed by atoms with Crippen LogP contribution in [0.3, 0.4) is 0 Å². The zero-order valence-corrected chi connectivity index (χ0v) is 15.0. The lowest BCUT2D eigenvalue weighted by atomic mass is 9.48. The summed E-state index contributed by atoms with van der Waals surface area (Å²) in [5.41, 5.74) is -1.03. The summed E-state index contributed by atoms with van der Waals surface area (Å²) in [5, 5.41) is 0.432. The second kappa shape index (κ2) is 5.47. The van der Waals surface area contributed by atoms with Gasteiger partial charge in [-0.25, -0.2) is 13.8 Å². The monoisotopic (exact) mass is 377 g/mol. The summed E-state index contributed by atoms with van der Waals surface area (Å²) in [7, 11) is 0. The maximum Gasteiger partial charge on any atom is 0.295 e. The summed E-state index contributed by atoms with van der Waals surface area (Å²) in [5.74, 6) is -1.86. The number of nitrogens with zero attached hydrogens (tertiary/aromatic N) is 1. The van der Waals surface area contributed by atoms with Gasteiger partial charge >= 0.3 is 0 Å². The fraction of sp³-hybridized carbons (Fsp3) is 0.706. The Bertz CT molecular complexity index is 558. The van der Waals surface area contributed by atoms with Crippen LogP contribution in [0.2, 0.25) is 0 Å². The molecule has 0 aromatic carbocycles. The quantitative estimate of drug-likeness (QED) is 0.460. The van der Waals surface area contributed by atoms with Crippen molar-refractivity contribution in [3.8, 4) is 0 Å². The van der Waals surface area contributed by atoms with E-state index in [0.717, 1.165) is 31.0 Å². The van der Waals surface area contributed by atoms with Gasteiger partial charge in [0.1, 0.15) is 0 Å². The molecule has 0 spiro atoms. The first-order chi connectivity index (χ1) is 10.8. The van der Waals surface area contributed by atoms with Gasteiger partial charge in [-0.3, -0.25) is 0 Å². The minimum Gasteiger partial charge on any atom is -0.250 e. The van der Waals surface area contributed by atoms with E-state index in [0.29, 0.717) is 42.0 Å². The minimum absolute atomic E-state index is 0.427. The average Bonchev–Trinajstić information content (AvgIpc) is 2.46. The molecule has 1 nitrogen and oxygen atoms in total. The first kappa shape index (κ1) is 16.4. The van der Waals surface area contributed by atoms with Crippen molar-refractivity contribution in [2.24, 2.45) is 23.2 Å². The molecular weight excluding hydrogens is 359 g/mol. The number of alkyl halides is 4. The van der Waals surface area contributed by atoms with Gasteiger partial charge in [0, 0.05) is 11.6 Å². The Hall–Kier alpha value is -0.0600. The topological polar surface area (TPSA) is 12.9 Å². The lowest BCUT2D eigenvalue weighted by Crippen LogP contribution is -2.59. The highest BCUT2D eigenvalue weighted by molar-refractivity contribution is 8.03. The van der Waals surface area contributed by atoms with Crippen LogP contribution in [0.5, 0.6) is 0 Å². The molecule has 0 radical (unpaired) electrons. The van der Waals surface area contributed by atoms with E-state index < -0.39 is 15.0 Å². The van der Waals surface area contributed by atoms with Gasteiger partial charge in [-0.05, 0) is 68.4 Å². The number of thioether (sulfide) groups is 1. The van der Waals surface area contributed by atoms with Crippen LogP contribution >= 0.6 is 35.0 Å². The number of pyridine rings is 1. The van der Waals surface area contributed by atoms with E-state index in [4.69, 9.17) is 23.2 Å². The van der Waals surface area contributed by atoms with E-state index in [-0.39, 0.29) is 0 Å². The van der Waals surface area contributed by atoms with E-state index in [1.54, 1.807) is 24.4 Å². The first-order valence-electron chi connectivity index (χ1n) is 8.17. The smallest absolute Gasteiger partial charge is 0.250 e. The minimum atomic E-state index is -3.14. The summed E-state index contributed by atoms with van der Waals surface area (Å²) < 4.78 is 28.8. The molecule has 0 saturated heterocycles. The fourth-order valence-corrected chi connectivity index (χ4v) is 7.15. The standard InChI is InChI=1S/C17H19Cl2F2NS/c18-17(19,23-14-3-1-2-4-22-14)16(20,21)15-8-11-5-12(9-15)7-13(6-11)10-15/h1-4,11-13H,5-10H2. The van der Waals surface area contributed by atoms with Gasteiger partial charge in [-0.1, -0.05) is 41.0 Å². The second-order valence-corrected chi connectivity index (χ2v) is 10.6. The zero-order valence-electron chi connectivity index (χ0n) is 12.7. The van der Waals surface area contributed by atoms with Gasteiger partial charge in [0.2, 0.25) is 3.67 Å². The van der Waals surface area contributed by atoms with Crippen molar-refractivity contribution in [2.45, 2.75) is 53.1 Å². The molecule has 4 fully saturated rings. The van der Waals surface area contributed by atoms with Crippen molar-refractivity contribution in [2.75, 3.05) is 0 Å². The zero-order chi connectivity index (χ0) is 16.3. The van der Waals surface area contributed by atoms with Crippen LogP contribution in [0.25, 0.3) is 0 Å². The molecule has 4 aliphatic rings. The molecule has 1 heterocycles. The van der Waals surface area contributed by atoms with E-state index in [2.05, 4.69) is 4.98 Å². The largest absolute Gasteiger partial charge is 0.295 e. The third-order valence-electron chi connectivity index (χ3n) is 5.94. The van der Waals surface area contributed by atoms with Crippen molar-refractivity contribution >= 4 is 35.0 Å². The predicted molar refractivity (Wildman–Crippen MR) is 90.1 cm³/mol. The van der Waals surface area contributed by atoms with Crippen LogP contribution in [0, 0.1) is 23.2 Å². The lowest BCUT2D eigenvalue weighted by Gasteiger charge is -2.60. The number of aromatic nitrogens is 1. The van der Waals surface area contributed by atoms with Crippen molar-refractivity contribution in [3.05, 3.63) is 24.4 Å². The Morgan fingerprint density at radius 1 is 1.04 bits per heavy atom. The van der Waals surface area contributed by atoms with Crippen molar-refractivity contribution in [1.29, 1.82) is 0 Å². The van der Waals surface area contributed by atoms with Crippen LogP contribution in [-0.4, -0.2) is 14.6 Å². The van der Waals surface area contributed by atoms with Crippen LogP contribution < -0.4 is 0 Å². The Morgan fingerprint density at radius 3 is 2.09 bits per heavy atom. The third-order valence-corrected chi connectivity index (χ3v) is 7.84. The summed E-state index contributed by atoms with van der Waals surface area (Å²) in [4.78, 5) is 4.08. The maximum absolute atomic E-state index is 15.5. The van der Waals surface area contributed by atoms with E-state index in [1.165, 1.54) is 0 Å². The van der Waals surface area contributed by atoms with E-state index in [1.807, 2.05) is 0 Å². The van der Waals surface area contributed by atoms with Gasteiger partial charge in [0.15, 0.2) is 0 Å². The molecule has 23 heavy (non-hydrogen) atoms. The third kappa shape index (κ3) is 2.60. The maximum atomic E-state index is 15.5. The normalized spacial score (nSPS) is 36.4. The number of halogens is 4. The molecule has 1 aromatic heterocycles. The van der Waals surface area contributed by atoms with Crippen LogP contribution in [0.4, 0.5) is 8.78 Å². The molecular formula is C17H19Cl2F2NS. The molecule has 0 N–H and O–H groups in total. The van der Waals surface area contributed by atoms with Gasteiger partial charge < -0.3 is 0 Å². The highest BCUT2D eigenvalue weighted by Gasteiger charge is 2.70. The number of hydrogen-bond acceptors (Lipinski definition) is 2. The van der Waals surface area contributed by atoms with Crippen molar-refractivity contribution in [3.63, 3.8) is 0 Å². The molecule has 126 valence electrons. The Labute approximate surface area is 149 Å². The van der Waals surface area contributed by atoms with Crippen LogP contribution in [-0.2, 0) is 0 Å². The van der Waals surface area contributed by atoms with Gasteiger partial charge in [0.05, 0.1) is 5.03 Å². The Morgan fingerprint density at radius 2 is 1.61 bits per heavy atom. The number of rotatable bonds is 4. The highest BCUT2D eigenvalue weighted by Crippen LogP contribution is 2.69. The molecule has 0 aliphatic heterocycles. The highest BCUT2D eigenvalue weighted by atomic mass is 35.5. The summed E-state index contributed by atoms with van der Waals surface area (Å²) in [6.07, 6.45) is 6.60. The lowest BCUT2D eigenvalue weighted by molar-refractivity contribution is -0.199. The SMILES string of the molecule is FC(F)(C12CC3CC(CC(C3)C1)C2)C(Cl)(Cl)Sc1ccccn1. The molecule has 5 rings (SSSR count). The molecule has 4 bridgehead atoms. The van der Waals surface area contributed by atoms with Crippen LogP contribution in [0.15, 0.2) is 29.4 Å². The van der Waals surface area contributed by atoms with Crippen molar-refractivity contribution in [1.82, 2.24) is 4.98 Å². The second-order valence-electron chi connectivity index (χ2n) is 7.56. The summed E-state index contributed by atoms with van der Waals surface area (Å²) >= 11 is 13.2. The average molecular weight is 378 g/mol. The molecule has 0 atom stereocenters. The van der Waals surface area contributed by atoms with Crippen molar-refractivity contribution < 1.29 is 8.78 Å². The molecule has 1 aromatic rings. The predicted octanol–water partition coefficient (Wildman–Crippen LogP) is 6.16. The molecule has 0 amide bonds. The first-order valence-corrected chi connectivity index (χ1v) is 9.74. The van der Waals surface area contributed by atoms with E-state index >= 15 is 8.78 Å². The molecule has 4 aliphatic carbocycles. The van der Waals surface area contributed by atoms with Crippen LogP contribution in [0.1, 0.15) is 38.5 Å². The Kier molecular flexibility index (Phi) is 3.90. The summed E-state index contributed by atoms with van der Waals surface area (Å²) in [6.45, 7) is 0. The molecule has 0 unspecified atom stereocenters. The molecule has 6 heteroatoms. The fourth-order valence-electron chi connectivity index (χ4n) is 5.41. The van der Waals surface area contributed by atoms with Gasteiger partial charge in [-0.15, -0.1) is 0 Å². The molecule has 4 saturated carbocycles. The van der Waals surface area contributed by atoms with Gasteiger partial charge in [-0.2, -0.15) is 0 Å². The Balaban J connectivity index is 1.63. The van der Waals surface area contributed by atoms with E-state index in [9.17, 15) is 0 Å². The summed E-state index contributed by atoms with van der Waals surface area (Å²) in [6, 6.07) is 5.16. The van der Waals surface area contributed by atoms with Gasteiger partial charge in [0.25, 0.3) is 5.92 Å².